The zero-order valence-electron chi connectivity index (χ0n) is 12.5. The molecule has 0 radical (unpaired) electrons. The number of aryl methyl sites for hydroxylation is 1. The van der Waals surface area contributed by atoms with E-state index in [4.69, 9.17) is 4.52 Å². The zero-order chi connectivity index (χ0) is 14.7. The summed E-state index contributed by atoms with van der Waals surface area (Å²) in [6, 6.07) is 0.601. The van der Waals surface area contributed by atoms with Crippen molar-refractivity contribution in [2.75, 3.05) is 31.1 Å². The van der Waals surface area contributed by atoms with Crippen molar-refractivity contribution in [3.8, 4) is 0 Å². The third-order valence-electron chi connectivity index (χ3n) is 4.25. The summed E-state index contributed by atoms with van der Waals surface area (Å²) in [5.74, 6) is 1.24. The van der Waals surface area contributed by atoms with Gasteiger partial charge in [-0.15, -0.1) is 0 Å². The number of amides is 1. The SMILES string of the molecule is Cc1noc(N2CCCC(CNC(=O)C3CCCN3)C2)n1. The summed E-state index contributed by atoms with van der Waals surface area (Å²) in [6.45, 7) is 5.30. The minimum absolute atomic E-state index is 0.00304. The van der Waals surface area contributed by atoms with Crippen LogP contribution in [0.3, 0.4) is 0 Å². The summed E-state index contributed by atoms with van der Waals surface area (Å²) in [7, 11) is 0. The van der Waals surface area contributed by atoms with Gasteiger partial charge in [0.25, 0.3) is 0 Å². The Kier molecular flexibility index (Phi) is 4.38. The molecule has 0 spiro atoms. The van der Waals surface area contributed by atoms with Crippen molar-refractivity contribution in [1.29, 1.82) is 0 Å². The standard InChI is InChI=1S/C14H23N5O2/c1-10-17-14(21-18-10)19-7-3-4-11(9-19)8-16-13(20)12-5-2-6-15-12/h11-12,15H,2-9H2,1H3,(H,16,20). The molecule has 0 saturated carbocycles. The van der Waals surface area contributed by atoms with E-state index >= 15 is 0 Å². The highest BCUT2D eigenvalue weighted by Crippen LogP contribution is 2.21. The smallest absolute Gasteiger partial charge is 0.324 e. The van der Waals surface area contributed by atoms with E-state index in [1.165, 1.54) is 0 Å². The van der Waals surface area contributed by atoms with Crippen molar-refractivity contribution >= 4 is 11.9 Å². The van der Waals surface area contributed by atoms with Crippen molar-refractivity contribution in [2.24, 2.45) is 5.92 Å². The van der Waals surface area contributed by atoms with E-state index in [1.54, 1.807) is 0 Å². The van der Waals surface area contributed by atoms with Gasteiger partial charge >= 0.3 is 6.01 Å². The van der Waals surface area contributed by atoms with Gasteiger partial charge in [-0.3, -0.25) is 4.79 Å². The number of rotatable bonds is 4. The maximum atomic E-state index is 12.0. The highest BCUT2D eigenvalue weighted by atomic mass is 16.5. The van der Waals surface area contributed by atoms with Crippen LogP contribution in [0.5, 0.6) is 0 Å². The molecule has 2 N–H and O–H groups in total. The Bertz CT molecular complexity index is 483. The van der Waals surface area contributed by atoms with Crippen LogP contribution >= 0.6 is 0 Å². The largest absolute Gasteiger partial charge is 0.354 e. The van der Waals surface area contributed by atoms with Gasteiger partial charge in [0.2, 0.25) is 5.91 Å². The molecule has 0 aliphatic carbocycles. The van der Waals surface area contributed by atoms with Crippen molar-refractivity contribution in [2.45, 2.75) is 38.6 Å². The maximum absolute atomic E-state index is 12.0. The summed E-state index contributed by atoms with van der Waals surface area (Å²) in [5.41, 5.74) is 0. The Morgan fingerprint density at radius 1 is 1.48 bits per heavy atom. The van der Waals surface area contributed by atoms with E-state index in [0.717, 1.165) is 51.9 Å². The van der Waals surface area contributed by atoms with Gasteiger partial charge in [0.15, 0.2) is 5.82 Å². The average molecular weight is 293 g/mol. The number of hydrogen-bond donors (Lipinski definition) is 2. The predicted octanol–water partition coefficient (Wildman–Crippen LogP) is 0.463. The monoisotopic (exact) mass is 293 g/mol. The van der Waals surface area contributed by atoms with Crippen LogP contribution in [0, 0.1) is 12.8 Å². The van der Waals surface area contributed by atoms with Gasteiger partial charge in [0, 0.05) is 19.6 Å². The molecule has 3 heterocycles. The topological polar surface area (TPSA) is 83.3 Å². The van der Waals surface area contributed by atoms with Gasteiger partial charge in [-0.1, -0.05) is 5.16 Å². The molecule has 1 amide bonds. The molecule has 2 aliphatic heterocycles. The van der Waals surface area contributed by atoms with Crippen LogP contribution in [0.25, 0.3) is 0 Å². The van der Waals surface area contributed by atoms with Crippen LogP contribution in [-0.2, 0) is 4.79 Å². The Hall–Kier alpha value is -1.63. The molecule has 2 fully saturated rings. The molecule has 7 nitrogen and oxygen atoms in total. The Balaban J connectivity index is 1.48. The highest BCUT2D eigenvalue weighted by Gasteiger charge is 2.26. The van der Waals surface area contributed by atoms with Crippen LogP contribution in [0.2, 0.25) is 0 Å². The van der Waals surface area contributed by atoms with E-state index in [-0.39, 0.29) is 11.9 Å². The number of carbonyl (C=O) groups excluding carboxylic acids is 1. The molecule has 2 saturated heterocycles. The second kappa shape index (κ2) is 6.43. The van der Waals surface area contributed by atoms with Crippen LogP contribution in [0.15, 0.2) is 4.52 Å². The average Bonchev–Trinajstić information content (AvgIpc) is 3.16. The summed E-state index contributed by atoms with van der Waals surface area (Å²) in [6.07, 6.45) is 4.25. The maximum Gasteiger partial charge on any atom is 0.324 e. The summed E-state index contributed by atoms with van der Waals surface area (Å²) < 4.78 is 5.23. The third-order valence-corrected chi connectivity index (χ3v) is 4.25. The van der Waals surface area contributed by atoms with E-state index < -0.39 is 0 Å². The number of aromatic nitrogens is 2. The van der Waals surface area contributed by atoms with Gasteiger partial charge in [-0.05, 0) is 45.1 Å². The molecule has 116 valence electrons. The number of carbonyl (C=O) groups is 1. The number of nitrogens with zero attached hydrogens (tertiary/aromatic N) is 3. The van der Waals surface area contributed by atoms with Crippen molar-refractivity contribution in [3.63, 3.8) is 0 Å². The van der Waals surface area contributed by atoms with Gasteiger partial charge in [0.1, 0.15) is 0 Å². The highest BCUT2D eigenvalue weighted by molar-refractivity contribution is 5.81. The fourth-order valence-electron chi connectivity index (χ4n) is 3.10. The molecule has 7 heteroatoms. The van der Waals surface area contributed by atoms with E-state index in [9.17, 15) is 4.79 Å². The normalized spacial score (nSPS) is 26.0. The molecule has 0 bridgehead atoms. The van der Waals surface area contributed by atoms with Crippen molar-refractivity contribution in [1.82, 2.24) is 20.8 Å². The molecular formula is C14H23N5O2. The number of piperidine rings is 1. The number of anilines is 1. The minimum Gasteiger partial charge on any atom is -0.354 e. The molecule has 21 heavy (non-hydrogen) atoms. The van der Waals surface area contributed by atoms with Crippen LogP contribution in [0.4, 0.5) is 6.01 Å². The van der Waals surface area contributed by atoms with Crippen LogP contribution in [0.1, 0.15) is 31.5 Å². The zero-order valence-corrected chi connectivity index (χ0v) is 12.5. The van der Waals surface area contributed by atoms with Crippen LogP contribution in [-0.4, -0.2) is 48.3 Å². The summed E-state index contributed by atoms with van der Waals surface area (Å²) in [4.78, 5) is 18.4. The minimum atomic E-state index is 0.00304. The quantitative estimate of drug-likeness (QED) is 0.839. The van der Waals surface area contributed by atoms with E-state index in [2.05, 4.69) is 25.7 Å². The van der Waals surface area contributed by atoms with Gasteiger partial charge in [-0.2, -0.15) is 4.98 Å². The molecule has 0 aromatic carbocycles. The first-order valence-electron chi connectivity index (χ1n) is 7.79. The lowest BCUT2D eigenvalue weighted by molar-refractivity contribution is -0.122. The Morgan fingerprint density at radius 3 is 3.10 bits per heavy atom. The lowest BCUT2D eigenvalue weighted by Gasteiger charge is -2.31. The summed E-state index contributed by atoms with van der Waals surface area (Å²) in [5, 5.41) is 10.1. The first-order valence-corrected chi connectivity index (χ1v) is 7.79. The lowest BCUT2D eigenvalue weighted by atomic mass is 9.98. The fourth-order valence-corrected chi connectivity index (χ4v) is 3.10. The summed E-state index contributed by atoms with van der Waals surface area (Å²) >= 11 is 0. The molecule has 3 rings (SSSR count). The molecule has 2 unspecified atom stereocenters. The first kappa shape index (κ1) is 14.3. The second-order valence-corrected chi connectivity index (χ2v) is 5.97. The third kappa shape index (κ3) is 3.53. The number of hydrogen-bond acceptors (Lipinski definition) is 6. The predicted molar refractivity (Wildman–Crippen MR) is 78.0 cm³/mol. The van der Waals surface area contributed by atoms with E-state index in [0.29, 0.717) is 17.8 Å². The van der Waals surface area contributed by atoms with Gasteiger partial charge < -0.3 is 20.1 Å². The van der Waals surface area contributed by atoms with Crippen molar-refractivity contribution < 1.29 is 9.32 Å². The lowest BCUT2D eigenvalue weighted by Crippen LogP contribution is -2.45. The molecule has 2 atom stereocenters. The van der Waals surface area contributed by atoms with Gasteiger partial charge in [-0.25, -0.2) is 0 Å². The fraction of sp³-hybridized carbons (Fsp3) is 0.786. The molecule has 1 aromatic heterocycles. The number of nitrogens with one attached hydrogen (secondary N) is 2. The van der Waals surface area contributed by atoms with Gasteiger partial charge in [0.05, 0.1) is 6.04 Å². The molecule has 1 aromatic rings. The Labute approximate surface area is 124 Å². The first-order chi connectivity index (χ1) is 10.2. The van der Waals surface area contributed by atoms with E-state index in [1.807, 2.05) is 6.92 Å². The van der Waals surface area contributed by atoms with Crippen LogP contribution < -0.4 is 15.5 Å². The second-order valence-electron chi connectivity index (χ2n) is 5.97. The van der Waals surface area contributed by atoms with Crippen molar-refractivity contribution in [3.05, 3.63) is 5.82 Å². The molecule has 2 aliphatic rings. The molecular weight excluding hydrogens is 270 g/mol. The Morgan fingerprint density at radius 2 is 2.38 bits per heavy atom.